The molecular formula is C17H14N2O3. The van der Waals surface area contributed by atoms with E-state index in [2.05, 4.69) is 5.10 Å². The largest absolute Gasteiger partial charge is 0.508 e. The number of phenols is 1. The molecule has 0 radical (unpaired) electrons. The molecule has 22 heavy (non-hydrogen) atoms. The van der Waals surface area contributed by atoms with Gasteiger partial charge in [0, 0.05) is 16.5 Å². The first-order valence-corrected chi connectivity index (χ1v) is 6.84. The molecule has 1 aromatic heterocycles. The van der Waals surface area contributed by atoms with Crippen molar-refractivity contribution in [3.8, 4) is 5.75 Å². The number of fused-ring (bicyclic) bond motifs is 1. The standard InChI is InChI=1S/C17H14N2O3/c1-11(20)12-6-7-16(21)14(8-12)10-19-17(22)15-5-3-2-4-13(15)9-18-19/h2-9,21H,10H2,1H3. The lowest BCUT2D eigenvalue weighted by Gasteiger charge is -2.09. The van der Waals surface area contributed by atoms with Gasteiger partial charge in [-0.1, -0.05) is 18.2 Å². The molecule has 110 valence electrons. The van der Waals surface area contributed by atoms with E-state index in [1.807, 2.05) is 12.1 Å². The molecule has 1 heterocycles. The highest BCUT2D eigenvalue weighted by atomic mass is 16.3. The van der Waals surface area contributed by atoms with Gasteiger partial charge >= 0.3 is 0 Å². The molecule has 2 aromatic carbocycles. The number of nitrogens with zero attached hydrogens (tertiary/aromatic N) is 2. The lowest BCUT2D eigenvalue weighted by Crippen LogP contribution is -2.23. The van der Waals surface area contributed by atoms with Gasteiger partial charge < -0.3 is 5.11 Å². The Bertz CT molecular complexity index is 929. The predicted molar refractivity (Wildman–Crippen MR) is 83.2 cm³/mol. The summed E-state index contributed by atoms with van der Waals surface area (Å²) in [7, 11) is 0. The van der Waals surface area contributed by atoms with Crippen molar-refractivity contribution in [2.45, 2.75) is 13.5 Å². The van der Waals surface area contributed by atoms with Crippen LogP contribution in [-0.2, 0) is 6.54 Å². The topological polar surface area (TPSA) is 72.2 Å². The predicted octanol–water partition coefficient (Wildman–Crippen LogP) is 2.35. The Morgan fingerprint density at radius 3 is 2.77 bits per heavy atom. The molecule has 5 nitrogen and oxygen atoms in total. The molecule has 0 aliphatic rings. The van der Waals surface area contributed by atoms with E-state index < -0.39 is 0 Å². The average Bonchev–Trinajstić information content (AvgIpc) is 2.52. The van der Waals surface area contributed by atoms with E-state index in [4.69, 9.17) is 0 Å². The first-order chi connectivity index (χ1) is 10.6. The minimum Gasteiger partial charge on any atom is -0.508 e. The van der Waals surface area contributed by atoms with Crippen LogP contribution < -0.4 is 5.56 Å². The summed E-state index contributed by atoms with van der Waals surface area (Å²) in [5.74, 6) is -0.0630. The molecule has 0 amide bonds. The number of ketones is 1. The van der Waals surface area contributed by atoms with Crippen LogP contribution in [0.5, 0.6) is 5.75 Å². The van der Waals surface area contributed by atoms with E-state index >= 15 is 0 Å². The fourth-order valence-electron chi connectivity index (χ4n) is 2.33. The molecule has 0 aliphatic heterocycles. The summed E-state index contributed by atoms with van der Waals surface area (Å²) in [4.78, 5) is 23.9. The highest BCUT2D eigenvalue weighted by molar-refractivity contribution is 5.94. The summed E-state index contributed by atoms with van der Waals surface area (Å²) in [5.41, 5.74) is 0.741. The van der Waals surface area contributed by atoms with Crippen LogP contribution in [0.25, 0.3) is 10.8 Å². The van der Waals surface area contributed by atoms with Crippen molar-refractivity contribution < 1.29 is 9.90 Å². The fourth-order valence-corrected chi connectivity index (χ4v) is 2.33. The lowest BCUT2D eigenvalue weighted by molar-refractivity contribution is 0.101. The number of aromatic nitrogens is 2. The lowest BCUT2D eigenvalue weighted by atomic mass is 10.1. The van der Waals surface area contributed by atoms with Gasteiger partial charge in [0.15, 0.2) is 5.78 Å². The summed E-state index contributed by atoms with van der Waals surface area (Å²) in [6, 6.07) is 11.8. The van der Waals surface area contributed by atoms with Crippen molar-refractivity contribution >= 4 is 16.6 Å². The Hall–Kier alpha value is -2.95. The maximum atomic E-state index is 12.4. The molecule has 0 bridgehead atoms. The van der Waals surface area contributed by atoms with Crippen LogP contribution >= 0.6 is 0 Å². The number of carbonyl (C=O) groups excluding carboxylic acids is 1. The molecule has 3 aromatic rings. The maximum Gasteiger partial charge on any atom is 0.274 e. The molecule has 0 saturated heterocycles. The first kappa shape index (κ1) is 14.0. The van der Waals surface area contributed by atoms with Crippen molar-refractivity contribution in [1.82, 2.24) is 9.78 Å². The molecule has 0 fully saturated rings. The smallest absolute Gasteiger partial charge is 0.274 e. The zero-order valence-electron chi connectivity index (χ0n) is 12.0. The summed E-state index contributed by atoms with van der Waals surface area (Å²) in [6.45, 7) is 1.56. The van der Waals surface area contributed by atoms with Crippen LogP contribution in [0.2, 0.25) is 0 Å². The summed E-state index contributed by atoms with van der Waals surface area (Å²) in [6.07, 6.45) is 1.61. The highest BCUT2D eigenvalue weighted by Gasteiger charge is 2.09. The van der Waals surface area contributed by atoms with Gasteiger partial charge in [0.1, 0.15) is 5.75 Å². The van der Waals surface area contributed by atoms with Crippen molar-refractivity contribution in [2.24, 2.45) is 0 Å². The molecule has 1 N–H and O–H groups in total. The Balaban J connectivity index is 2.07. The number of rotatable bonds is 3. The summed E-state index contributed by atoms with van der Waals surface area (Å²) < 4.78 is 1.28. The van der Waals surface area contributed by atoms with Crippen LogP contribution in [0.3, 0.4) is 0 Å². The number of aromatic hydroxyl groups is 1. The second-order valence-electron chi connectivity index (χ2n) is 5.09. The van der Waals surface area contributed by atoms with Crippen molar-refractivity contribution in [3.63, 3.8) is 0 Å². The van der Waals surface area contributed by atoms with Gasteiger partial charge in [0.05, 0.1) is 18.1 Å². The molecule has 0 saturated carbocycles. The number of benzene rings is 2. The third kappa shape index (κ3) is 2.48. The molecule has 5 heteroatoms. The molecule has 0 unspecified atom stereocenters. The van der Waals surface area contributed by atoms with Crippen molar-refractivity contribution in [3.05, 3.63) is 70.1 Å². The molecule has 3 rings (SSSR count). The van der Waals surface area contributed by atoms with Crippen LogP contribution in [0, 0.1) is 0 Å². The number of Topliss-reactive ketones (excluding diaryl/α,β-unsaturated/α-hetero) is 1. The van der Waals surface area contributed by atoms with Crippen LogP contribution in [0.4, 0.5) is 0 Å². The van der Waals surface area contributed by atoms with Gasteiger partial charge in [-0.25, -0.2) is 4.68 Å². The SMILES string of the molecule is CC(=O)c1ccc(O)c(Cn2ncc3ccccc3c2=O)c1. The molecule has 0 spiro atoms. The van der Waals surface area contributed by atoms with E-state index in [1.54, 1.807) is 30.5 Å². The number of hydrogen-bond donors (Lipinski definition) is 1. The van der Waals surface area contributed by atoms with E-state index in [0.29, 0.717) is 16.5 Å². The quantitative estimate of drug-likeness (QED) is 0.753. The minimum atomic E-state index is -0.231. The van der Waals surface area contributed by atoms with Gasteiger partial charge in [-0.05, 0) is 31.2 Å². The zero-order valence-corrected chi connectivity index (χ0v) is 12.0. The monoisotopic (exact) mass is 294 g/mol. The van der Waals surface area contributed by atoms with Crippen LogP contribution in [-0.4, -0.2) is 20.7 Å². The fraction of sp³-hybridized carbons (Fsp3) is 0.118. The van der Waals surface area contributed by atoms with E-state index in [9.17, 15) is 14.7 Å². The van der Waals surface area contributed by atoms with Crippen molar-refractivity contribution in [1.29, 1.82) is 0 Å². The number of carbonyl (C=O) groups is 1. The van der Waals surface area contributed by atoms with Crippen LogP contribution in [0.15, 0.2) is 53.5 Å². The van der Waals surface area contributed by atoms with E-state index in [1.165, 1.54) is 17.7 Å². The Labute approximate surface area is 126 Å². The van der Waals surface area contributed by atoms with E-state index in [-0.39, 0.29) is 23.6 Å². The zero-order chi connectivity index (χ0) is 15.7. The van der Waals surface area contributed by atoms with Crippen LogP contribution in [0.1, 0.15) is 22.8 Å². The molecular weight excluding hydrogens is 280 g/mol. The number of hydrogen-bond acceptors (Lipinski definition) is 4. The van der Waals surface area contributed by atoms with E-state index in [0.717, 1.165) is 5.39 Å². The highest BCUT2D eigenvalue weighted by Crippen LogP contribution is 2.19. The normalized spacial score (nSPS) is 10.8. The Morgan fingerprint density at radius 2 is 2.00 bits per heavy atom. The number of phenolic OH excluding ortho intramolecular Hbond substituents is 1. The second-order valence-corrected chi connectivity index (χ2v) is 5.09. The Morgan fingerprint density at radius 1 is 1.23 bits per heavy atom. The summed E-state index contributed by atoms with van der Waals surface area (Å²) >= 11 is 0. The Kier molecular flexibility index (Phi) is 3.47. The van der Waals surface area contributed by atoms with Gasteiger partial charge in [0.25, 0.3) is 5.56 Å². The van der Waals surface area contributed by atoms with Gasteiger partial charge in [-0.15, -0.1) is 0 Å². The second kappa shape index (κ2) is 5.44. The third-order valence-electron chi connectivity index (χ3n) is 3.57. The minimum absolute atomic E-state index is 0.0341. The van der Waals surface area contributed by atoms with Crippen molar-refractivity contribution in [2.75, 3.05) is 0 Å². The molecule has 0 atom stereocenters. The van der Waals surface area contributed by atoms with Gasteiger partial charge in [-0.2, -0.15) is 5.10 Å². The molecule has 0 aliphatic carbocycles. The van der Waals surface area contributed by atoms with Gasteiger partial charge in [0.2, 0.25) is 0 Å². The third-order valence-corrected chi connectivity index (χ3v) is 3.57. The average molecular weight is 294 g/mol. The summed E-state index contributed by atoms with van der Waals surface area (Å²) in [5, 5.41) is 15.4. The first-order valence-electron chi connectivity index (χ1n) is 6.84. The maximum absolute atomic E-state index is 12.4. The van der Waals surface area contributed by atoms with Gasteiger partial charge in [-0.3, -0.25) is 9.59 Å².